The van der Waals surface area contributed by atoms with E-state index in [9.17, 15) is 4.79 Å². The van der Waals surface area contributed by atoms with E-state index in [0.29, 0.717) is 11.3 Å². The van der Waals surface area contributed by atoms with Gasteiger partial charge in [0.05, 0.1) is 12.8 Å². The Balaban J connectivity index is 2.55. The lowest BCUT2D eigenvalue weighted by molar-refractivity contribution is 0.112. The molecule has 0 N–H and O–H groups in total. The highest BCUT2D eigenvalue weighted by Crippen LogP contribution is 2.26. The molecule has 0 fully saturated rings. The van der Waals surface area contributed by atoms with Crippen LogP contribution in [0.1, 0.15) is 17.3 Å². The first-order valence-electron chi connectivity index (χ1n) is 5.45. The summed E-state index contributed by atoms with van der Waals surface area (Å²) in [5.41, 5.74) is 2.43. The molecule has 0 bridgehead atoms. The Kier molecular flexibility index (Phi) is 3.23. The molecule has 4 nitrogen and oxygen atoms in total. The van der Waals surface area contributed by atoms with E-state index in [0.717, 1.165) is 24.1 Å². The SMILES string of the molecule is CCn1nccc1-c1ccc(OC)cc1C=O. The van der Waals surface area contributed by atoms with Crippen LogP contribution in [0.4, 0.5) is 0 Å². The van der Waals surface area contributed by atoms with Gasteiger partial charge in [0.1, 0.15) is 5.75 Å². The summed E-state index contributed by atoms with van der Waals surface area (Å²) in [6, 6.07) is 7.36. The third-order valence-electron chi connectivity index (χ3n) is 2.68. The quantitative estimate of drug-likeness (QED) is 0.757. The standard InChI is InChI=1S/C13H14N2O2/c1-3-15-13(6-7-14-15)12-5-4-11(17-2)8-10(12)9-16/h4-9H,3H2,1-2H3. The number of ether oxygens (including phenoxy) is 1. The van der Waals surface area contributed by atoms with Crippen molar-refractivity contribution in [2.75, 3.05) is 7.11 Å². The number of hydrogen-bond donors (Lipinski definition) is 0. The molecule has 1 heterocycles. The van der Waals surface area contributed by atoms with Gasteiger partial charge in [0.25, 0.3) is 0 Å². The normalized spacial score (nSPS) is 10.2. The van der Waals surface area contributed by atoms with Crippen LogP contribution in [0, 0.1) is 0 Å². The molecule has 0 unspecified atom stereocenters. The van der Waals surface area contributed by atoms with Crippen LogP contribution < -0.4 is 4.74 Å². The minimum Gasteiger partial charge on any atom is -0.497 e. The van der Waals surface area contributed by atoms with Crippen molar-refractivity contribution in [3.8, 4) is 17.0 Å². The Morgan fingerprint density at radius 3 is 2.88 bits per heavy atom. The number of carbonyl (C=O) groups excluding carboxylic acids is 1. The summed E-state index contributed by atoms with van der Waals surface area (Å²) in [6.07, 6.45) is 2.57. The maximum atomic E-state index is 11.1. The molecule has 0 saturated carbocycles. The molecular formula is C13H14N2O2. The molecule has 1 aromatic carbocycles. The number of aldehydes is 1. The average molecular weight is 230 g/mol. The molecule has 0 saturated heterocycles. The zero-order valence-corrected chi connectivity index (χ0v) is 9.88. The van der Waals surface area contributed by atoms with Gasteiger partial charge in [-0.3, -0.25) is 9.48 Å². The molecule has 2 aromatic rings. The van der Waals surface area contributed by atoms with Crippen LogP contribution in [0.25, 0.3) is 11.3 Å². The average Bonchev–Trinajstić information content (AvgIpc) is 2.85. The first-order chi connectivity index (χ1) is 8.30. The predicted molar refractivity (Wildman–Crippen MR) is 65.3 cm³/mol. The van der Waals surface area contributed by atoms with Gasteiger partial charge in [-0.2, -0.15) is 5.10 Å². The second-order valence-electron chi connectivity index (χ2n) is 3.60. The summed E-state index contributed by atoms with van der Waals surface area (Å²) in [7, 11) is 1.58. The minimum absolute atomic E-state index is 0.611. The van der Waals surface area contributed by atoms with Gasteiger partial charge < -0.3 is 4.74 Å². The van der Waals surface area contributed by atoms with Crippen molar-refractivity contribution >= 4 is 6.29 Å². The number of methoxy groups -OCH3 is 1. The Morgan fingerprint density at radius 1 is 1.41 bits per heavy atom. The summed E-state index contributed by atoms with van der Waals surface area (Å²) in [5.74, 6) is 0.679. The maximum Gasteiger partial charge on any atom is 0.150 e. The molecule has 0 aliphatic rings. The van der Waals surface area contributed by atoms with Gasteiger partial charge in [-0.1, -0.05) is 0 Å². The fourth-order valence-corrected chi connectivity index (χ4v) is 1.81. The number of hydrogen-bond acceptors (Lipinski definition) is 3. The van der Waals surface area contributed by atoms with Crippen molar-refractivity contribution in [3.63, 3.8) is 0 Å². The molecule has 2 rings (SSSR count). The van der Waals surface area contributed by atoms with Gasteiger partial charge in [-0.25, -0.2) is 0 Å². The topological polar surface area (TPSA) is 44.1 Å². The Hall–Kier alpha value is -2.10. The molecule has 88 valence electrons. The fourth-order valence-electron chi connectivity index (χ4n) is 1.81. The molecule has 0 aliphatic heterocycles. The molecule has 1 aromatic heterocycles. The van der Waals surface area contributed by atoms with Crippen molar-refractivity contribution in [3.05, 3.63) is 36.0 Å². The number of carbonyl (C=O) groups is 1. The lowest BCUT2D eigenvalue weighted by Gasteiger charge is -2.08. The highest BCUT2D eigenvalue weighted by Gasteiger charge is 2.10. The Bertz CT molecular complexity index is 532. The first-order valence-corrected chi connectivity index (χ1v) is 5.45. The van der Waals surface area contributed by atoms with Crippen molar-refractivity contribution in [1.82, 2.24) is 9.78 Å². The number of nitrogens with zero attached hydrogens (tertiary/aromatic N) is 2. The van der Waals surface area contributed by atoms with Crippen LogP contribution in [0.3, 0.4) is 0 Å². The van der Waals surface area contributed by atoms with E-state index < -0.39 is 0 Å². The van der Waals surface area contributed by atoms with Gasteiger partial charge in [-0.05, 0) is 31.2 Å². The van der Waals surface area contributed by atoms with Gasteiger partial charge in [0, 0.05) is 23.9 Å². The largest absolute Gasteiger partial charge is 0.497 e. The minimum atomic E-state index is 0.611. The van der Waals surface area contributed by atoms with Crippen molar-refractivity contribution in [2.24, 2.45) is 0 Å². The second-order valence-corrected chi connectivity index (χ2v) is 3.60. The summed E-state index contributed by atoms with van der Waals surface area (Å²) in [6.45, 7) is 2.78. The van der Waals surface area contributed by atoms with Gasteiger partial charge in [0.2, 0.25) is 0 Å². The van der Waals surface area contributed by atoms with Crippen LogP contribution in [0.2, 0.25) is 0 Å². The Morgan fingerprint density at radius 2 is 2.24 bits per heavy atom. The molecule has 0 atom stereocenters. The van der Waals surface area contributed by atoms with Crippen LogP contribution in [0.15, 0.2) is 30.5 Å². The zero-order valence-electron chi connectivity index (χ0n) is 9.88. The van der Waals surface area contributed by atoms with Crippen molar-refractivity contribution in [1.29, 1.82) is 0 Å². The highest BCUT2D eigenvalue weighted by molar-refractivity contribution is 5.87. The Labute approximate surface area is 99.8 Å². The maximum absolute atomic E-state index is 11.1. The van der Waals surface area contributed by atoms with E-state index in [2.05, 4.69) is 5.10 Å². The monoisotopic (exact) mass is 230 g/mol. The molecule has 4 heteroatoms. The van der Waals surface area contributed by atoms with E-state index in [-0.39, 0.29) is 0 Å². The third-order valence-corrected chi connectivity index (χ3v) is 2.68. The molecule has 0 amide bonds. The van der Waals surface area contributed by atoms with Crippen LogP contribution >= 0.6 is 0 Å². The lowest BCUT2D eigenvalue weighted by Crippen LogP contribution is -2.00. The highest BCUT2D eigenvalue weighted by atomic mass is 16.5. The van der Waals surface area contributed by atoms with E-state index in [4.69, 9.17) is 4.74 Å². The number of rotatable bonds is 4. The smallest absolute Gasteiger partial charge is 0.150 e. The molecular weight excluding hydrogens is 216 g/mol. The predicted octanol–water partition coefficient (Wildman–Crippen LogP) is 2.39. The molecule has 17 heavy (non-hydrogen) atoms. The van der Waals surface area contributed by atoms with Crippen LogP contribution in [-0.2, 0) is 6.54 Å². The van der Waals surface area contributed by atoms with Crippen molar-refractivity contribution < 1.29 is 9.53 Å². The van der Waals surface area contributed by atoms with Gasteiger partial charge >= 0.3 is 0 Å². The number of aryl methyl sites for hydroxylation is 1. The lowest BCUT2D eigenvalue weighted by atomic mass is 10.1. The summed E-state index contributed by atoms with van der Waals surface area (Å²) in [4.78, 5) is 11.1. The van der Waals surface area contributed by atoms with Crippen molar-refractivity contribution in [2.45, 2.75) is 13.5 Å². The first kappa shape index (κ1) is 11.4. The second kappa shape index (κ2) is 4.82. The molecule has 0 spiro atoms. The summed E-state index contributed by atoms with van der Waals surface area (Å²) in [5, 5.41) is 4.20. The van der Waals surface area contributed by atoms with E-state index in [1.807, 2.05) is 29.8 Å². The van der Waals surface area contributed by atoms with E-state index in [1.54, 1.807) is 19.4 Å². The summed E-state index contributed by atoms with van der Waals surface area (Å²) >= 11 is 0. The van der Waals surface area contributed by atoms with Gasteiger partial charge in [-0.15, -0.1) is 0 Å². The summed E-state index contributed by atoms with van der Waals surface area (Å²) < 4.78 is 6.96. The fraction of sp³-hybridized carbons (Fsp3) is 0.231. The van der Waals surface area contributed by atoms with Crippen LogP contribution in [0.5, 0.6) is 5.75 Å². The van der Waals surface area contributed by atoms with Gasteiger partial charge in [0.15, 0.2) is 6.29 Å². The van der Waals surface area contributed by atoms with E-state index in [1.165, 1.54) is 0 Å². The van der Waals surface area contributed by atoms with E-state index >= 15 is 0 Å². The van der Waals surface area contributed by atoms with Crippen LogP contribution in [-0.4, -0.2) is 23.2 Å². The zero-order chi connectivity index (χ0) is 12.3. The third kappa shape index (κ3) is 2.06. The molecule has 0 aliphatic carbocycles. The number of aromatic nitrogens is 2. The molecule has 0 radical (unpaired) electrons. The number of benzene rings is 1.